The maximum atomic E-state index is 13.1. The number of hydrogen-bond acceptors (Lipinski definition) is 4. The van der Waals surface area contributed by atoms with Gasteiger partial charge >= 0.3 is 0 Å². The molecule has 2 saturated heterocycles. The van der Waals surface area contributed by atoms with Gasteiger partial charge in [0.15, 0.2) is 0 Å². The molecule has 2 aliphatic rings. The number of likely N-dealkylation sites (tertiary alicyclic amines) is 1. The first-order valence-corrected chi connectivity index (χ1v) is 11.0. The van der Waals surface area contributed by atoms with Gasteiger partial charge in [0, 0.05) is 49.2 Å². The summed E-state index contributed by atoms with van der Waals surface area (Å²) in [5.41, 5.74) is 2.12. The Bertz CT molecular complexity index is 849. The lowest BCUT2D eigenvalue weighted by Crippen LogP contribution is -2.43. The second kappa shape index (κ2) is 8.03. The summed E-state index contributed by atoms with van der Waals surface area (Å²) in [6.45, 7) is 6.28. The lowest BCUT2D eigenvalue weighted by Gasteiger charge is -2.33. The van der Waals surface area contributed by atoms with Crippen LogP contribution in [0.2, 0.25) is 0 Å². The number of thiazole rings is 1. The van der Waals surface area contributed by atoms with Gasteiger partial charge in [-0.15, -0.1) is 11.3 Å². The molecule has 2 aliphatic heterocycles. The van der Waals surface area contributed by atoms with Crippen LogP contribution in [0, 0.1) is 5.92 Å². The van der Waals surface area contributed by atoms with Crippen LogP contribution in [0.25, 0.3) is 0 Å². The van der Waals surface area contributed by atoms with Gasteiger partial charge in [-0.3, -0.25) is 9.59 Å². The number of anilines is 1. The summed E-state index contributed by atoms with van der Waals surface area (Å²) in [7, 11) is 0. The standard InChI is InChI=1S/C22H27N3O2S/c1-15(2)16-5-3-7-19(11-16)25-14-18(12-20(25)26)22(27)24-9-4-6-17(13-24)21-23-8-10-28-21/h3,5,7-8,10-11,15,17-18H,4,6,9,12-14H2,1-2H3. The fourth-order valence-corrected chi connectivity index (χ4v) is 5.02. The van der Waals surface area contributed by atoms with Crippen molar-refractivity contribution in [3.63, 3.8) is 0 Å². The van der Waals surface area contributed by atoms with Crippen molar-refractivity contribution >= 4 is 28.8 Å². The highest BCUT2D eigenvalue weighted by Crippen LogP contribution is 2.32. The molecule has 2 amide bonds. The Morgan fingerprint density at radius 1 is 1.29 bits per heavy atom. The molecule has 2 unspecified atom stereocenters. The molecule has 1 aromatic heterocycles. The van der Waals surface area contributed by atoms with Gasteiger partial charge < -0.3 is 9.80 Å². The van der Waals surface area contributed by atoms with Crippen molar-refractivity contribution in [2.45, 2.75) is 44.9 Å². The van der Waals surface area contributed by atoms with Crippen LogP contribution in [-0.2, 0) is 9.59 Å². The fourth-order valence-electron chi connectivity index (χ4n) is 4.25. The van der Waals surface area contributed by atoms with E-state index in [-0.39, 0.29) is 17.7 Å². The van der Waals surface area contributed by atoms with E-state index in [4.69, 9.17) is 0 Å². The van der Waals surface area contributed by atoms with Crippen molar-refractivity contribution in [3.8, 4) is 0 Å². The average molecular weight is 398 g/mol. The number of carbonyl (C=O) groups excluding carboxylic acids is 2. The monoisotopic (exact) mass is 397 g/mol. The number of piperidine rings is 1. The molecule has 0 radical (unpaired) electrons. The van der Waals surface area contributed by atoms with Crippen LogP contribution in [0.5, 0.6) is 0 Å². The van der Waals surface area contributed by atoms with Crippen molar-refractivity contribution in [3.05, 3.63) is 46.4 Å². The van der Waals surface area contributed by atoms with Crippen LogP contribution in [0.4, 0.5) is 5.69 Å². The highest BCUT2D eigenvalue weighted by molar-refractivity contribution is 7.09. The number of rotatable bonds is 4. The Morgan fingerprint density at radius 2 is 2.14 bits per heavy atom. The summed E-state index contributed by atoms with van der Waals surface area (Å²) >= 11 is 1.67. The third kappa shape index (κ3) is 3.83. The molecular formula is C22H27N3O2S. The molecule has 1 aromatic carbocycles. The van der Waals surface area contributed by atoms with Gasteiger partial charge in [-0.1, -0.05) is 26.0 Å². The number of nitrogens with zero attached hydrogens (tertiary/aromatic N) is 3. The van der Waals surface area contributed by atoms with Crippen molar-refractivity contribution < 1.29 is 9.59 Å². The normalized spacial score (nSPS) is 22.9. The molecular weight excluding hydrogens is 370 g/mol. The van der Waals surface area contributed by atoms with Crippen LogP contribution in [-0.4, -0.2) is 41.3 Å². The molecule has 0 aliphatic carbocycles. The van der Waals surface area contributed by atoms with E-state index in [2.05, 4.69) is 31.0 Å². The summed E-state index contributed by atoms with van der Waals surface area (Å²) < 4.78 is 0. The molecule has 2 fully saturated rings. The van der Waals surface area contributed by atoms with Gasteiger partial charge in [-0.2, -0.15) is 0 Å². The van der Waals surface area contributed by atoms with Crippen molar-refractivity contribution in [2.24, 2.45) is 5.92 Å². The SMILES string of the molecule is CC(C)c1cccc(N2CC(C(=O)N3CCCC(c4nccs4)C3)CC2=O)c1. The topological polar surface area (TPSA) is 53.5 Å². The minimum Gasteiger partial charge on any atom is -0.342 e. The predicted molar refractivity (Wildman–Crippen MR) is 112 cm³/mol. The summed E-state index contributed by atoms with van der Waals surface area (Å²) in [5, 5.41) is 3.11. The van der Waals surface area contributed by atoms with E-state index in [1.807, 2.05) is 28.6 Å². The maximum absolute atomic E-state index is 13.1. The van der Waals surface area contributed by atoms with Gasteiger partial charge in [0.05, 0.1) is 10.9 Å². The molecule has 2 aromatic rings. The Kier molecular flexibility index (Phi) is 5.49. The van der Waals surface area contributed by atoms with Crippen molar-refractivity contribution in [2.75, 3.05) is 24.5 Å². The first-order valence-electron chi connectivity index (χ1n) is 10.1. The van der Waals surface area contributed by atoms with Crippen LogP contribution in [0.1, 0.15) is 55.5 Å². The number of benzene rings is 1. The number of aromatic nitrogens is 1. The molecule has 28 heavy (non-hydrogen) atoms. The summed E-state index contributed by atoms with van der Waals surface area (Å²) in [6.07, 6.45) is 4.22. The molecule has 0 bridgehead atoms. The molecule has 148 valence electrons. The van der Waals surface area contributed by atoms with Gasteiger partial charge in [0.2, 0.25) is 11.8 Å². The second-order valence-corrected chi connectivity index (χ2v) is 9.07. The molecule has 4 rings (SSSR count). The van der Waals surface area contributed by atoms with E-state index < -0.39 is 0 Å². The second-order valence-electron chi connectivity index (χ2n) is 8.15. The number of amides is 2. The molecule has 3 heterocycles. The highest BCUT2D eigenvalue weighted by atomic mass is 32.1. The quantitative estimate of drug-likeness (QED) is 0.783. The van der Waals surface area contributed by atoms with Crippen LogP contribution in [0.3, 0.4) is 0 Å². The van der Waals surface area contributed by atoms with Gasteiger partial charge in [-0.25, -0.2) is 4.98 Å². The lowest BCUT2D eigenvalue weighted by atomic mass is 9.96. The molecule has 0 spiro atoms. The molecule has 6 heteroatoms. The van der Waals surface area contributed by atoms with Gasteiger partial charge in [-0.05, 0) is 36.5 Å². The summed E-state index contributed by atoms with van der Waals surface area (Å²) in [6, 6.07) is 8.13. The fraction of sp³-hybridized carbons (Fsp3) is 0.500. The Balaban J connectivity index is 1.45. The molecule has 5 nitrogen and oxygen atoms in total. The zero-order valence-electron chi connectivity index (χ0n) is 16.5. The van der Waals surface area contributed by atoms with Crippen LogP contribution < -0.4 is 4.90 Å². The van der Waals surface area contributed by atoms with E-state index >= 15 is 0 Å². The first kappa shape index (κ1) is 19.1. The van der Waals surface area contributed by atoms with E-state index in [0.29, 0.717) is 24.8 Å². The van der Waals surface area contributed by atoms with Gasteiger partial charge in [0.1, 0.15) is 0 Å². The van der Waals surface area contributed by atoms with E-state index in [1.165, 1.54) is 5.56 Å². The molecule has 0 N–H and O–H groups in total. The summed E-state index contributed by atoms with van der Waals surface area (Å²) in [4.78, 5) is 34.0. The Morgan fingerprint density at radius 3 is 2.89 bits per heavy atom. The van der Waals surface area contributed by atoms with Crippen LogP contribution in [0.15, 0.2) is 35.8 Å². The maximum Gasteiger partial charge on any atom is 0.228 e. The zero-order chi connectivity index (χ0) is 19.7. The average Bonchev–Trinajstić information content (AvgIpc) is 3.37. The molecule has 0 saturated carbocycles. The van der Waals surface area contributed by atoms with E-state index in [9.17, 15) is 9.59 Å². The zero-order valence-corrected chi connectivity index (χ0v) is 17.3. The molecule has 2 atom stereocenters. The highest BCUT2D eigenvalue weighted by Gasteiger charge is 2.38. The first-order chi connectivity index (χ1) is 13.5. The smallest absolute Gasteiger partial charge is 0.228 e. The van der Waals surface area contributed by atoms with Gasteiger partial charge in [0.25, 0.3) is 0 Å². The predicted octanol–water partition coefficient (Wildman–Crippen LogP) is 4.03. The van der Waals surface area contributed by atoms with Crippen LogP contribution >= 0.6 is 11.3 Å². The van der Waals surface area contributed by atoms with Crippen molar-refractivity contribution in [1.82, 2.24) is 9.88 Å². The number of carbonyl (C=O) groups is 2. The van der Waals surface area contributed by atoms with E-state index in [1.54, 1.807) is 16.2 Å². The third-order valence-electron chi connectivity index (χ3n) is 5.86. The van der Waals surface area contributed by atoms with E-state index in [0.717, 1.165) is 36.6 Å². The summed E-state index contributed by atoms with van der Waals surface area (Å²) in [5.74, 6) is 0.662. The lowest BCUT2D eigenvalue weighted by molar-refractivity contribution is -0.137. The minimum absolute atomic E-state index is 0.0488. The van der Waals surface area contributed by atoms with Crippen molar-refractivity contribution in [1.29, 1.82) is 0 Å². The largest absolute Gasteiger partial charge is 0.342 e. The minimum atomic E-state index is -0.245. The third-order valence-corrected chi connectivity index (χ3v) is 6.79. The Hall–Kier alpha value is -2.21. The number of hydrogen-bond donors (Lipinski definition) is 0. The Labute approximate surface area is 170 Å².